The van der Waals surface area contributed by atoms with E-state index in [9.17, 15) is 9.59 Å². The summed E-state index contributed by atoms with van der Waals surface area (Å²) in [5.41, 5.74) is 9.24. The van der Waals surface area contributed by atoms with E-state index < -0.39 is 12.2 Å². The summed E-state index contributed by atoms with van der Waals surface area (Å²) >= 11 is 0. The Kier molecular flexibility index (Phi) is 7.70. The maximum atomic E-state index is 12.6. The van der Waals surface area contributed by atoms with Gasteiger partial charge >= 0.3 is 5.97 Å². The zero-order valence-electron chi connectivity index (χ0n) is 20.5. The van der Waals surface area contributed by atoms with Crippen LogP contribution in [0.3, 0.4) is 0 Å². The van der Waals surface area contributed by atoms with Crippen molar-refractivity contribution in [2.24, 2.45) is 0 Å². The molecule has 0 saturated carbocycles. The zero-order chi connectivity index (χ0) is 24.9. The van der Waals surface area contributed by atoms with E-state index in [-0.39, 0.29) is 24.4 Å². The Labute approximate surface area is 205 Å². The highest BCUT2D eigenvalue weighted by atomic mass is 16.8. The molecule has 188 valence electrons. The van der Waals surface area contributed by atoms with Crippen LogP contribution in [0.1, 0.15) is 61.4 Å². The number of hydrogen-bond acceptors (Lipinski definition) is 9. The molecule has 0 aliphatic carbocycles. The molecule has 2 aromatic rings. The molecule has 35 heavy (non-hydrogen) atoms. The van der Waals surface area contributed by atoms with Crippen LogP contribution in [-0.4, -0.2) is 52.9 Å². The van der Waals surface area contributed by atoms with Gasteiger partial charge in [-0.15, -0.1) is 5.06 Å². The number of aryl methyl sites for hydroxylation is 1. The monoisotopic (exact) mass is 483 g/mol. The van der Waals surface area contributed by atoms with Crippen molar-refractivity contribution in [1.82, 2.24) is 15.0 Å². The number of piperidine rings is 1. The van der Waals surface area contributed by atoms with Crippen molar-refractivity contribution < 1.29 is 23.9 Å². The second-order valence-corrected chi connectivity index (χ2v) is 8.91. The van der Waals surface area contributed by atoms with E-state index >= 15 is 0 Å². The fourth-order valence-electron chi connectivity index (χ4n) is 4.31. The molecule has 1 amide bonds. The molecule has 10 nitrogen and oxygen atoms in total. The normalized spacial score (nSPS) is 18.7. The van der Waals surface area contributed by atoms with Gasteiger partial charge in [0.1, 0.15) is 17.7 Å². The van der Waals surface area contributed by atoms with Gasteiger partial charge in [0.15, 0.2) is 6.23 Å². The predicted molar refractivity (Wildman–Crippen MR) is 130 cm³/mol. The Balaban J connectivity index is 1.49. The number of ether oxygens (including phenoxy) is 2. The first kappa shape index (κ1) is 24.7. The number of carbonyl (C=O) groups excluding carboxylic acids is 2. The molecule has 2 aliphatic heterocycles. The molecule has 1 aromatic carbocycles. The molecule has 0 bridgehead atoms. The third-order valence-corrected chi connectivity index (χ3v) is 6.24. The van der Waals surface area contributed by atoms with Gasteiger partial charge in [0.05, 0.1) is 13.5 Å². The SMILES string of the molecule is CCCCCNc1nc(N)nc(C)c1Cc1cc(CC(=O)ON2C(=O)CCC3OC32)ccc1OC. The van der Waals surface area contributed by atoms with Gasteiger partial charge in [-0.1, -0.05) is 31.9 Å². The van der Waals surface area contributed by atoms with Crippen molar-refractivity contribution in [3.8, 4) is 5.75 Å². The molecule has 2 fully saturated rings. The molecular weight excluding hydrogens is 450 g/mol. The second kappa shape index (κ2) is 10.9. The number of aromatic nitrogens is 2. The molecule has 3 N–H and O–H groups in total. The molecule has 0 radical (unpaired) electrons. The van der Waals surface area contributed by atoms with Crippen molar-refractivity contribution in [1.29, 1.82) is 0 Å². The lowest BCUT2D eigenvalue weighted by molar-refractivity contribution is -0.207. The highest BCUT2D eigenvalue weighted by Gasteiger charge is 2.51. The van der Waals surface area contributed by atoms with Gasteiger partial charge in [0.25, 0.3) is 5.91 Å². The number of unbranched alkanes of at least 4 members (excludes halogenated alkanes) is 2. The number of nitrogens with zero attached hydrogens (tertiary/aromatic N) is 3. The third-order valence-electron chi connectivity index (χ3n) is 6.24. The molecule has 2 unspecified atom stereocenters. The number of carbonyl (C=O) groups is 2. The maximum absolute atomic E-state index is 12.6. The van der Waals surface area contributed by atoms with E-state index in [1.54, 1.807) is 7.11 Å². The molecule has 3 heterocycles. The minimum atomic E-state index is -0.518. The van der Waals surface area contributed by atoms with Gasteiger partial charge in [0.2, 0.25) is 5.95 Å². The van der Waals surface area contributed by atoms with E-state index in [1.807, 2.05) is 25.1 Å². The van der Waals surface area contributed by atoms with E-state index in [2.05, 4.69) is 22.2 Å². The van der Waals surface area contributed by atoms with Crippen LogP contribution in [0.5, 0.6) is 5.75 Å². The number of hydroxylamine groups is 2. The van der Waals surface area contributed by atoms with Crippen LogP contribution >= 0.6 is 0 Å². The summed E-state index contributed by atoms with van der Waals surface area (Å²) in [7, 11) is 1.61. The summed E-state index contributed by atoms with van der Waals surface area (Å²) in [6.07, 6.45) is 4.32. The largest absolute Gasteiger partial charge is 0.496 e. The minimum absolute atomic E-state index is 0.0114. The second-order valence-electron chi connectivity index (χ2n) is 8.91. The Morgan fingerprint density at radius 3 is 2.91 bits per heavy atom. The smallest absolute Gasteiger partial charge is 0.337 e. The number of nitrogens with two attached hydrogens (primary N) is 1. The number of benzene rings is 1. The Hall–Kier alpha value is -3.40. The number of nitrogens with one attached hydrogen (secondary N) is 1. The number of nitrogen functional groups attached to an aromatic ring is 1. The van der Waals surface area contributed by atoms with Crippen LogP contribution in [0, 0.1) is 6.92 Å². The summed E-state index contributed by atoms with van der Waals surface area (Å²) in [6, 6.07) is 5.55. The Morgan fingerprint density at radius 2 is 2.14 bits per heavy atom. The molecule has 2 atom stereocenters. The van der Waals surface area contributed by atoms with Crippen molar-refractivity contribution in [2.45, 2.75) is 71.1 Å². The maximum Gasteiger partial charge on any atom is 0.337 e. The standard InChI is InChI=1S/C25H33N5O5/c1-4-5-6-11-27-23-18(15(2)28-25(26)29-23)14-17-12-16(7-8-19(17)33-3)13-22(32)35-30-21(31)10-9-20-24(30)34-20/h7-8,12,20,24H,4-6,9-11,13-14H2,1-3H3,(H3,26,27,28,29). The first-order valence-electron chi connectivity index (χ1n) is 12.1. The van der Waals surface area contributed by atoms with Crippen LogP contribution < -0.4 is 15.8 Å². The van der Waals surface area contributed by atoms with Crippen molar-refractivity contribution in [2.75, 3.05) is 24.7 Å². The summed E-state index contributed by atoms with van der Waals surface area (Å²) < 4.78 is 11.0. The average Bonchev–Trinajstić information content (AvgIpc) is 3.61. The van der Waals surface area contributed by atoms with E-state index in [1.165, 1.54) is 0 Å². The highest BCUT2D eigenvalue weighted by molar-refractivity contribution is 5.80. The minimum Gasteiger partial charge on any atom is -0.496 e. The number of anilines is 2. The van der Waals surface area contributed by atoms with Crippen LogP contribution in [0.25, 0.3) is 0 Å². The van der Waals surface area contributed by atoms with E-state index in [0.717, 1.165) is 53.3 Å². The zero-order valence-corrected chi connectivity index (χ0v) is 20.5. The molecule has 10 heteroatoms. The lowest BCUT2D eigenvalue weighted by atomic mass is 9.99. The molecular formula is C25H33N5O5. The summed E-state index contributed by atoms with van der Waals surface area (Å²) in [5, 5.41) is 4.47. The van der Waals surface area contributed by atoms with Crippen molar-refractivity contribution in [3.63, 3.8) is 0 Å². The van der Waals surface area contributed by atoms with E-state index in [4.69, 9.17) is 20.0 Å². The predicted octanol–water partition coefficient (Wildman–Crippen LogP) is 2.92. The summed E-state index contributed by atoms with van der Waals surface area (Å²) in [5.74, 6) is 0.874. The van der Waals surface area contributed by atoms with Gasteiger partial charge in [-0.05, 0) is 37.0 Å². The first-order chi connectivity index (χ1) is 16.9. The Bertz CT molecular complexity index is 1090. The third kappa shape index (κ3) is 6.00. The lowest BCUT2D eigenvalue weighted by Gasteiger charge is -2.22. The van der Waals surface area contributed by atoms with Crippen LogP contribution in [0.2, 0.25) is 0 Å². The van der Waals surface area contributed by atoms with Crippen molar-refractivity contribution in [3.05, 3.63) is 40.6 Å². The summed E-state index contributed by atoms with van der Waals surface area (Å²) in [4.78, 5) is 38.8. The lowest BCUT2D eigenvalue weighted by Crippen LogP contribution is -2.40. The number of methoxy groups -OCH3 is 1. The number of epoxide rings is 1. The highest BCUT2D eigenvalue weighted by Crippen LogP contribution is 2.35. The van der Waals surface area contributed by atoms with Gasteiger partial charge in [-0.25, -0.2) is 9.78 Å². The number of fused-ring (bicyclic) bond motifs is 1. The number of amides is 1. The number of hydrogen-bond donors (Lipinski definition) is 2. The molecule has 0 spiro atoms. The molecule has 4 rings (SSSR count). The molecule has 2 aliphatic rings. The fourth-order valence-corrected chi connectivity index (χ4v) is 4.31. The van der Waals surface area contributed by atoms with Crippen LogP contribution in [0.4, 0.5) is 11.8 Å². The van der Waals surface area contributed by atoms with Gasteiger partial charge in [0, 0.05) is 30.6 Å². The number of rotatable bonds is 11. The van der Waals surface area contributed by atoms with Gasteiger partial charge in [-0.3, -0.25) is 4.79 Å². The average molecular weight is 484 g/mol. The molecule has 1 aromatic heterocycles. The summed E-state index contributed by atoms with van der Waals surface area (Å²) in [6.45, 7) is 4.86. The first-order valence-corrected chi connectivity index (χ1v) is 12.1. The van der Waals surface area contributed by atoms with E-state index in [0.29, 0.717) is 30.8 Å². The Morgan fingerprint density at radius 1 is 1.31 bits per heavy atom. The van der Waals surface area contributed by atoms with Crippen LogP contribution in [-0.2, 0) is 32.0 Å². The fraction of sp³-hybridized carbons (Fsp3) is 0.520. The van der Waals surface area contributed by atoms with Crippen LogP contribution in [0.15, 0.2) is 18.2 Å². The molecule has 2 saturated heterocycles. The van der Waals surface area contributed by atoms with Gasteiger partial charge in [-0.2, -0.15) is 4.98 Å². The van der Waals surface area contributed by atoms with Gasteiger partial charge < -0.3 is 25.4 Å². The van der Waals surface area contributed by atoms with Crippen molar-refractivity contribution >= 4 is 23.6 Å². The quantitative estimate of drug-likeness (QED) is 0.366. The topological polar surface area (TPSA) is 132 Å².